The summed E-state index contributed by atoms with van der Waals surface area (Å²) in [5, 5.41) is 5.37. The largest absolute Gasteiger partial charge is 0.360 e. The van der Waals surface area contributed by atoms with Crippen molar-refractivity contribution in [2.75, 3.05) is 5.32 Å². The number of nitrogens with zero attached hydrogens (tertiary/aromatic N) is 4. The van der Waals surface area contributed by atoms with Crippen molar-refractivity contribution in [3.05, 3.63) is 58.5 Å². The van der Waals surface area contributed by atoms with Crippen LogP contribution in [0.1, 0.15) is 55.9 Å². The van der Waals surface area contributed by atoms with Crippen LogP contribution in [-0.2, 0) is 0 Å². The van der Waals surface area contributed by atoms with Crippen LogP contribution in [0.5, 0.6) is 0 Å². The maximum Gasteiger partial charge on any atom is 0.259 e. The molecule has 3 heterocycles. The summed E-state index contributed by atoms with van der Waals surface area (Å²) < 4.78 is 2.03. The molecular weight excluding hydrogens is 364 g/mol. The first kappa shape index (κ1) is 17.8. The fourth-order valence-electron chi connectivity index (χ4n) is 4.28. The van der Waals surface area contributed by atoms with Crippen LogP contribution in [0.15, 0.2) is 41.7 Å². The highest BCUT2D eigenvalue weighted by atomic mass is 16.1. The van der Waals surface area contributed by atoms with Crippen molar-refractivity contribution in [1.82, 2.24) is 24.5 Å². The third kappa shape index (κ3) is 2.88. The quantitative estimate of drug-likeness (QED) is 0.533. The fraction of sp³-hybridized carbons (Fsp3) is 0.364. The van der Waals surface area contributed by atoms with E-state index < -0.39 is 0 Å². The lowest BCUT2D eigenvalue weighted by atomic mass is 9.91. The van der Waals surface area contributed by atoms with Gasteiger partial charge in [-0.1, -0.05) is 25.1 Å². The third-order valence-corrected chi connectivity index (χ3v) is 6.06. The lowest BCUT2D eigenvalue weighted by molar-refractivity contribution is 0.297. The molecule has 0 unspecified atom stereocenters. The number of anilines is 1. The van der Waals surface area contributed by atoms with Crippen molar-refractivity contribution < 1.29 is 0 Å². The number of aromatic amines is 1. The minimum atomic E-state index is -0.0467. The lowest BCUT2D eigenvalue weighted by Gasteiger charge is -2.33. The first-order valence-electron chi connectivity index (χ1n) is 10.2. The van der Waals surface area contributed by atoms with Gasteiger partial charge in [-0.15, -0.1) is 0 Å². The summed E-state index contributed by atoms with van der Waals surface area (Å²) in [7, 11) is 0. The Labute approximate surface area is 168 Å². The molecule has 0 aliphatic heterocycles. The predicted molar refractivity (Wildman–Crippen MR) is 114 cm³/mol. The SMILES string of the molecule is CC[C@H](Nc1ncnc2nc[nH]c12)c1cc2cccc(C)c2c(=O)n1C1CCC1. The van der Waals surface area contributed by atoms with E-state index in [2.05, 4.69) is 38.2 Å². The topological polar surface area (TPSA) is 88.5 Å². The Balaban J connectivity index is 1.67. The number of nitrogens with one attached hydrogen (secondary N) is 2. The van der Waals surface area contributed by atoms with Crippen LogP contribution in [-0.4, -0.2) is 24.5 Å². The monoisotopic (exact) mass is 388 g/mol. The third-order valence-electron chi connectivity index (χ3n) is 6.06. The molecule has 3 aromatic heterocycles. The number of hydrogen-bond acceptors (Lipinski definition) is 5. The minimum Gasteiger partial charge on any atom is -0.360 e. The van der Waals surface area contributed by atoms with Gasteiger partial charge >= 0.3 is 0 Å². The van der Waals surface area contributed by atoms with Gasteiger partial charge in [0.15, 0.2) is 11.5 Å². The second-order valence-corrected chi connectivity index (χ2v) is 7.80. The van der Waals surface area contributed by atoms with Crippen molar-refractivity contribution in [2.24, 2.45) is 0 Å². The van der Waals surface area contributed by atoms with Crippen LogP contribution < -0.4 is 10.9 Å². The Hall–Kier alpha value is -3.22. The molecule has 0 bridgehead atoms. The molecule has 1 fully saturated rings. The zero-order chi connectivity index (χ0) is 20.0. The Bertz CT molecular complexity index is 1250. The van der Waals surface area contributed by atoms with E-state index >= 15 is 0 Å². The van der Waals surface area contributed by atoms with Crippen LogP contribution in [0.2, 0.25) is 0 Å². The standard InChI is InChI=1S/C22H24N6O/c1-3-16(27-21-19-20(24-11-23-19)25-12-26-21)17-10-14-7-4-6-13(2)18(14)22(29)28(17)15-8-5-9-15/h4,6-7,10-12,15-16H,3,5,8-9H2,1-2H3,(H2,23,24,25,26,27)/t16-/m0/s1. The maximum absolute atomic E-state index is 13.5. The molecule has 1 aromatic carbocycles. The highest BCUT2D eigenvalue weighted by Crippen LogP contribution is 2.35. The molecule has 148 valence electrons. The summed E-state index contributed by atoms with van der Waals surface area (Å²) in [6, 6.07) is 8.46. The predicted octanol–water partition coefficient (Wildman–Crippen LogP) is 4.26. The van der Waals surface area contributed by atoms with Gasteiger partial charge < -0.3 is 14.9 Å². The smallest absolute Gasteiger partial charge is 0.259 e. The Morgan fingerprint density at radius 1 is 1.28 bits per heavy atom. The molecule has 1 saturated carbocycles. The molecule has 1 atom stereocenters. The molecule has 7 heteroatoms. The number of rotatable bonds is 5. The van der Waals surface area contributed by atoms with Gasteiger partial charge in [-0.3, -0.25) is 4.79 Å². The van der Waals surface area contributed by atoms with Crippen molar-refractivity contribution in [2.45, 2.75) is 51.6 Å². The zero-order valence-electron chi connectivity index (χ0n) is 16.6. The molecule has 1 aliphatic rings. The average Bonchev–Trinajstić information content (AvgIpc) is 3.16. The molecule has 5 rings (SSSR count). The van der Waals surface area contributed by atoms with Gasteiger partial charge in [0.2, 0.25) is 0 Å². The number of pyridine rings is 1. The van der Waals surface area contributed by atoms with Gasteiger partial charge in [-0.25, -0.2) is 15.0 Å². The van der Waals surface area contributed by atoms with Crippen molar-refractivity contribution >= 4 is 27.8 Å². The second kappa shape index (κ2) is 6.99. The summed E-state index contributed by atoms with van der Waals surface area (Å²) in [5.41, 5.74) is 3.58. The van der Waals surface area contributed by atoms with E-state index in [9.17, 15) is 4.79 Å². The molecule has 4 aromatic rings. The summed E-state index contributed by atoms with van der Waals surface area (Å²) >= 11 is 0. The molecule has 0 saturated heterocycles. The molecule has 29 heavy (non-hydrogen) atoms. The first-order chi connectivity index (χ1) is 14.2. The zero-order valence-corrected chi connectivity index (χ0v) is 16.6. The summed E-state index contributed by atoms with van der Waals surface area (Å²) in [5.74, 6) is 0.705. The normalized spacial score (nSPS) is 15.5. The van der Waals surface area contributed by atoms with E-state index in [4.69, 9.17) is 0 Å². The van der Waals surface area contributed by atoms with Crippen LogP contribution in [0, 0.1) is 6.92 Å². The number of imidazole rings is 1. The Morgan fingerprint density at radius 2 is 2.14 bits per heavy atom. The number of H-pyrrole nitrogens is 1. The van der Waals surface area contributed by atoms with Gasteiger partial charge in [0.05, 0.1) is 17.8 Å². The van der Waals surface area contributed by atoms with Crippen LogP contribution in [0.4, 0.5) is 5.82 Å². The van der Waals surface area contributed by atoms with Gasteiger partial charge in [-0.05, 0) is 49.6 Å². The van der Waals surface area contributed by atoms with Gasteiger partial charge in [0, 0.05) is 11.7 Å². The second-order valence-electron chi connectivity index (χ2n) is 7.80. The number of aryl methyl sites for hydroxylation is 1. The molecular formula is C22H24N6O. The number of benzene rings is 1. The molecule has 0 radical (unpaired) electrons. The van der Waals surface area contributed by atoms with Crippen molar-refractivity contribution in [1.29, 1.82) is 0 Å². The van der Waals surface area contributed by atoms with E-state index in [-0.39, 0.29) is 17.6 Å². The van der Waals surface area contributed by atoms with E-state index in [1.807, 2.05) is 29.7 Å². The summed E-state index contributed by atoms with van der Waals surface area (Å²) in [6.07, 6.45) is 7.24. The summed E-state index contributed by atoms with van der Waals surface area (Å²) in [4.78, 5) is 29.5. The van der Waals surface area contributed by atoms with Crippen LogP contribution >= 0.6 is 0 Å². The molecule has 0 spiro atoms. The van der Waals surface area contributed by atoms with Crippen LogP contribution in [0.3, 0.4) is 0 Å². The molecule has 0 amide bonds. The van der Waals surface area contributed by atoms with E-state index in [1.165, 1.54) is 12.7 Å². The first-order valence-corrected chi connectivity index (χ1v) is 10.2. The van der Waals surface area contributed by atoms with Gasteiger partial charge in [-0.2, -0.15) is 0 Å². The number of aromatic nitrogens is 5. The Morgan fingerprint density at radius 3 is 2.90 bits per heavy atom. The maximum atomic E-state index is 13.5. The van der Waals surface area contributed by atoms with Gasteiger partial charge in [0.25, 0.3) is 5.56 Å². The average molecular weight is 388 g/mol. The molecule has 2 N–H and O–H groups in total. The Kier molecular flexibility index (Phi) is 4.30. The highest BCUT2D eigenvalue weighted by Gasteiger charge is 2.27. The van der Waals surface area contributed by atoms with Crippen molar-refractivity contribution in [3.63, 3.8) is 0 Å². The molecule has 1 aliphatic carbocycles. The van der Waals surface area contributed by atoms with E-state index in [0.717, 1.165) is 46.8 Å². The number of fused-ring (bicyclic) bond motifs is 2. The number of hydrogen-bond donors (Lipinski definition) is 2. The lowest BCUT2D eigenvalue weighted by Crippen LogP contribution is -2.34. The van der Waals surface area contributed by atoms with Crippen molar-refractivity contribution in [3.8, 4) is 0 Å². The van der Waals surface area contributed by atoms with Crippen LogP contribution in [0.25, 0.3) is 21.9 Å². The van der Waals surface area contributed by atoms with E-state index in [1.54, 1.807) is 6.33 Å². The van der Waals surface area contributed by atoms with E-state index in [0.29, 0.717) is 11.5 Å². The van der Waals surface area contributed by atoms with Gasteiger partial charge in [0.1, 0.15) is 11.8 Å². The minimum absolute atomic E-state index is 0.0467. The summed E-state index contributed by atoms with van der Waals surface area (Å²) in [6.45, 7) is 4.14. The highest BCUT2D eigenvalue weighted by molar-refractivity contribution is 5.85. The fourth-order valence-corrected chi connectivity index (χ4v) is 4.28. The molecule has 7 nitrogen and oxygen atoms in total.